The van der Waals surface area contributed by atoms with E-state index in [0.717, 1.165) is 28.3 Å². The van der Waals surface area contributed by atoms with Crippen molar-refractivity contribution in [1.82, 2.24) is 4.90 Å². The number of nitrogens with one attached hydrogen (secondary N) is 1. The first kappa shape index (κ1) is 11.8. The number of hydrogen-bond acceptors (Lipinski definition) is 2. The molecule has 0 aromatic heterocycles. The highest BCUT2D eigenvalue weighted by Crippen LogP contribution is 2.25. The van der Waals surface area contributed by atoms with Crippen LogP contribution >= 0.6 is 27.5 Å². The van der Waals surface area contributed by atoms with Crippen molar-refractivity contribution in [1.29, 1.82) is 0 Å². The minimum absolute atomic E-state index is 0.756. The van der Waals surface area contributed by atoms with E-state index >= 15 is 0 Å². The van der Waals surface area contributed by atoms with Gasteiger partial charge in [0.15, 0.2) is 0 Å². The predicted molar refractivity (Wildman–Crippen MR) is 66.2 cm³/mol. The minimum Gasteiger partial charge on any atom is -0.383 e. The van der Waals surface area contributed by atoms with E-state index < -0.39 is 0 Å². The molecule has 2 nitrogen and oxygen atoms in total. The van der Waals surface area contributed by atoms with Crippen molar-refractivity contribution in [2.75, 3.05) is 32.5 Å². The quantitative estimate of drug-likeness (QED) is 0.910. The van der Waals surface area contributed by atoms with Gasteiger partial charge in [0, 0.05) is 17.6 Å². The Labute approximate surface area is 98.4 Å². The Morgan fingerprint density at radius 2 is 2.14 bits per heavy atom. The Hall–Kier alpha value is -0.250. The summed E-state index contributed by atoms with van der Waals surface area (Å²) in [5.41, 5.74) is 0.975. The van der Waals surface area contributed by atoms with Crippen molar-refractivity contribution in [3.05, 3.63) is 27.7 Å². The maximum Gasteiger partial charge on any atom is 0.0638 e. The van der Waals surface area contributed by atoms with E-state index in [1.54, 1.807) is 0 Å². The number of nitrogens with zero attached hydrogens (tertiary/aromatic N) is 1. The highest BCUT2D eigenvalue weighted by atomic mass is 79.9. The minimum atomic E-state index is 0.756. The molecular formula is C10H14BrClN2. The molecule has 0 saturated carbocycles. The van der Waals surface area contributed by atoms with Crippen LogP contribution in [0.5, 0.6) is 0 Å². The van der Waals surface area contributed by atoms with Crippen LogP contribution in [0.1, 0.15) is 0 Å². The summed E-state index contributed by atoms with van der Waals surface area (Å²) in [6.07, 6.45) is 0. The molecule has 0 aliphatic heterocycles. The summed E-state index contributed by atoms with van der Waals surface area (Å²) in [7, 11) is 4.09. The molecule has 0 amide bonds. The first-order valence-electron chi connectivity index (χ1n) is 4.43. The van der Waals surface area contributed by atoms with Crippen molar-refractivity contribution >= 4 is 33.2 Å². The zero-order valence-electron chi connectivity index (χ0n) is 8.35. The highest BCUT2D eigenvalue weighted by molar-refractivity contribution is 9.10. The average Bonchev–Trinajstić information content (AvgIpc) is 2.10. The normalized spacial score (nSPS) is 10.6. The third kappa shape index (κ3) is 3.86. The molecule has 0 atom stereocenters. The summed E-state index contributed by atoms with van der Waals surface area (Å²) in [6, 6.07) is 5.79. The van der Waals surface area contributed by atoms with E-state index in [1.165, 1.54) is 0 Å². The van der Waals surface area contributed by atoms with E-state index in [9.17, 15) is 0 Å². The lowest BCUT2D eigenvalue weighted by atomic mass is 10.3. The van der Waals surface area contributed by atoms with Gasteiger partial charge in [-0.2, -0.15) is 0 Å². The summed E-state index contributed by atoms with van der Waals surface area (Å²) < 4.78 is 1.04. The maximum atomic E-state index is 6.01. The molecule has 0 aliphatic rings. The molecule has 0 spiro atoms. The van der Waals surface area contributed by atoms with E-state index in [-0.39, 0.29) is 0 Å². The maximum absolute atomic E-state index is 6.01. The lowest BCUT2D eigenvalue weighted by Crippen LogP contribution is -2.20. The van der Waals surface area contributed by atoms with E-state index in [0.29, 0.717) is 0 Å². The van der Waals surface area contributed by atoms with Crippen molar-refractivity contribution in [2.24, 2.45) is 0 Å². The lowest BCUT2D eigenvalue weighted by Gasteiger charge is -2.12. The van der Waals surface area contributed by atoms with E-state index in [2.05, 4.69) is 26.1 Å². The van der Waals surface area contributed by atoms with Crippen LogP contribution in [0.25, 0.3) is 0 Å². The molecule has 0 heterocycles. The first-order chi connectivity index (χ1) is 6.59. The highest BCUT2D eigenvalue weighted by Gasteiger charge is 1.99. The summed E-state index contributed by atoms with van der Waals surface area (Å²) in [6.45, 7) is 1.88. The topological polar surface area (TPSA) is 15.3 Å². The fraction of sp³-hybridized carbons (Fsp3) is 0.400. The van der Waals surface area contributed by atoms with Gasteiger partial charge < -0.3 is 10.2 Å². The standard InChI is InChI=1S/C10H14BrClN2/c1-14(2)6-5-13-10-7-8(11)3-4-9(10)12/h3-4,7,13H,5-6H2,1-2H3. The van der Waals surface area contributed by atoms with Gasteiger partial charge in [-0.25, -0.2) is 0 Å². The van der Waals surface area contributed by atoms with Gasteiger partial charge in [0.1, 0.15) is 0 Å². The Bertz CT molecular complexity index is 302. The monoisotopic (exact) mass is 276 g/mol. The van der Waals surface area contributed by atoms with Crippen LogP contribution in [0.3, 0.4) is 0 Å². The number of anilines is 1. The van der Waals surface area contributed by atoms with Crippen LogP contribution in [0, 0.1) is 0 Å². The number of rotatable bonds is 4. The Kier molecular flexibility index (Phi) is 4.72. The second kappa shape index (κ2) is 5.59. The first-order valence-corrected chi connectivity index (χ1v) is 5.60. The molecule has 14 heavy (non-hydrogen) atoms. The smallest absolute Gasteiger partial charge is 0.0638 e. The molecule has 0 bridgehead atoms. The van der Waals surface area contributed by atoms with Crippen LogP contribution in [-0.4, -0.2) is 32.1 Å². The average molecular weight is 278 g/mol. The van der Waals surface area contributed by atoms with Crippen LogP contribution in [0.15, 0.2) is 22.7 Å². The van der Waals surface area contributed by atoms with Gasteiger partial charge in [0.2, 0.25) is 0 Å². The molecule has 1 aromatic rings. The summed E-state index contributed by atoms with van der Waals surface area (Å²) in [4.78, 5) is 2.12. The van der Waals surface area contributed by atoms with Gasteiger partial charge in [-0.15, -0.1) is 0 Å². The SMILES string of the molecule is CN(C)CCNc1cc(Br)ccc1Cl. The molecule has 1 aromatic carbocycles. The van der Waals surface area contributed by atoms with Gasteiger partial charge >= 0.3 is 0 Å². The second-order valence-corrected chi connectivity index (χ2v) is 4.68. The second-order valence-electron chi connectivity index (χ2n) is 3.35. The fourth-order valence-corrected chi connectivity index (χ4v) is 1.59. The molecule has 1 rings (SSSR count). The van der Waals surface area contributed by atoms with Crippen molar-refractivity contribution in [2.45, 2.75) is 0 Å². The van der Waals surface area contributed by atoms with Gasteiger partial charge in [-0.05, 0) is 32.3 Å². The third-order valence-electron chi connectivity index (χ3n) is 1.80. The van der Waals surface area contributed by atoms with Crippen LogP contribution in [0.2, 0.25) is 5.02 Å². The Balaban J connectivity index is 2.53. The number of benzene rings is 1. The molecular weight excluding hydrogens is 263 g/mol. The Morgan fingerprint density at radius 1 is 1.43 bits per heavy atom. The molecule has 0 unspecified atom stereocenters. The molecule has 1 N–H and O–H groups in total. The fourth-order valence-electron chi connectivity index (χ4n) is 1.05. The van der Waals surface area contributed by atoms with E-state index in [4.69, 9.17) is 11.6 Å². The number of likely N-dealkylation sites (N-methyl/N-ethyl adjacent to an activating group) is 1. The number of halogens is 2. The van der Waals surface area contributed by atoms with Gasteiger partial charge in [-0.1, -0.05) is 27.5 Å². The van der Waals surface area contributed by atoms with Gasteiger partial charge in [-0.3, -0.25) is 0 Å². The summed E-state index contributed by atoms with van der Waals surface area (Å²) in [5.74, 6) is 0. The van der Waals surface area contributed by atoms with Crippen LogP contribution in [-0.2, 0) is 0 Å². The Morgan fingerprint density at radius 3 is 2.79 bits per heavy atom. The van der Waals surface area contributed by atoms with E-state index in [1.807, 2.05) is 32.3 Å². The zero-order valence-corrected chi connectivity index (χ0v) is 10.7. The van der Waals surface area contributed by atoms with Gasteiger partial charge in [0.25, 0.3) is 0 Å². The predicted octanol–water partition coefficient (Wildman–Crippen LogP) is 3.08. The molecule has 0 saturated heterocycles. The summed E-state index contributed by atoms with van der Waals surface area (Å²) >= 11 is 9.42. The third-order valence-corrected chi connectivity index (χ3v) is 2.63. The largest absolute Gasteiger partial charge is 0.383 e. The molecule has 0 aliphatic carbocycles. The number of hydrogen-bond donors (Lipinski definition) is 1. The lowest BCUT2D eigenvalue weighted by molar-refractivity contribution is 0.425. The van der Waals surface area contributed by atoms with Crippen molar-refractivity contribution in [3.63, 3.8) is 0 Å². The molecule has 78 valence electrons. The van der Waals surface area contributed by atoms with Crippen molar-refractivity contribution in [3.8, 4) is 0 Å². The molecule has 0 fully saturated rings. The van der Waals surface area contributed by atoms with Gasteiger partial charge in [0.05, 0.1) is 10.7 Å². The van der Waals surface area contributed by atoms with Crippen LogP contribution in [0.4, 0.5) is 5.69 Å². The van der Waals surface area contributed by atoms with Crippen molar-refractivity contribution < 1.29 is 0 Å². The summed E-state index contributed by atoms with van der Waals surface area (Å²) in [5, 5.41) is 4.04. The van der Waals surface area contributed by atoms with Crippen LogP contribution < -0.4 is 5.32 Å². The molecule has 0 radical (unpaired) electrons. The zero-order chi connectivity index (χ0) is 10.6. The molecule has 4 heteroatoms.